The number of anilines is 1. The van der Waals surface area contributed by atoms with Gasteiger partial charge in [-0.15, -0.1) is 0 Å². The van der Waals surface area contributed by atoms with E-state index < -0.39 is 29.4 Å². The number of nitrogens with zero attached hydrogens (tertiary/aromatic N) is 5. The fourth-order valence-electron chi connectivity index (χ4n) is 3.33. The van der Waals surface area contributed by atoms with Gasteiger partial charge in [-0.25, -0.2) is 14.4 Å². The van der Waals surface area contributed by atoms with Crippen molar-refractivity contribution in [2.75, 3.05) is 31.1 Å². The van der Waals surface area contributed by atoms with Gasteiger partial charge in [-0.3, -0.25) is 13.9 Å². The van der Waals surface area contributed by atoms with E-state index in [2.05, 4.69) is 15.2 Å². The standard InChI is InChI=1S/C19H26N6O4.C2HF3O2/c1-13(2)6-10-24-15-16(21-18(24)23-11-7-20-8-12-23)22(3)19(29)25(17(15)28)9-4-5-14(26)27;3-2(4,5)1(6)7/h4-6,20H,7-12H2,1-3H3,(H,26,27);(H,6,7)/b5-4+;. The van der Waals surface area contributed by atoms with Gasteiger partial charge in [0.1, 0.15) is 0 Å². The molecule has 15 heteroatoms. The Morgan fingerprint density at radius 2 is 1.67 bits per heavy atom. The van der Waals surface area contributed by atoms with E-state index in [0.717, 1.165) is 42.4 Å². The number of piperazine rings is 1. The molecule has 1 saturated heterocycles. The van der Waals surface area contributed by atoms with Crippen molar-refractivity contribution in [2.45, 2.75) is 33.1 Å². The summed E-state index contributed by atoms with van der Waals surface area (Å²) < 4.78 is 36.0. The number of alkyl halides is 3. The first-order chi connectivity index (χ1) is 16.8. The highest BCUT2D eigenvalue weighted by molar-refractivity contribution is 5.79. The Morgan fingerprint density at radius 1 is 1.08 bits per heavy atom. The molecule has 3 rings (SSSR count). The third-order valence-corrected chi connectivity index (χ3v) is 5.09. The van der Waals surface area contributed by atoms with Gasteiger partial charge < -0.3 is 25.0 Å². The predicted octanol–water partition coefficient (Wildman–Crippen LogP) is 0.547. The summed E-state index contributed by atoms with van der Waals surface area (Å²) >= 11 is 0. The predicted molar refractivity (Wildman–Crippen MR) is 124 cm³/mol. The number of nitrogens with one attached hydrogen (secondary N) is 1. The molecule has 1 aliphatic heterocycles. The number of aliphatic carboxylic acids is 2. The van der Waals surface area contributed by atoms with Crippen LogP contribution in [0.5, 0.6) is 0 Å². The van der Waals surface area contributed by atoms with Gasteiger partial charge in [0.15, 0.2) is 11.2 Å². The number of rotatable bonds is 6. The van der Waals surface area contributed by atoms with E-state index >= 15 is 0 Å². The molecule has 198 valence electrons. The van der Waals surface area contributed by atoms with Crippen molar-refractivity contribution in [3.8, 4) is 0 Å². The smallest absolute Gasteiger partial charge is 0.478 e. The summed E-state index contributed by atoms with van der Waals surface area (Å²) in [5.74, 6) is -3.23. The molecule has 0 radical (unpaired) electrons. The average Bonchev–Trinajstić information content (AvgIpc) is 3.18. The molecule has 0 atom stereocenters. The van der Waals surface area contributed by atoms with Gasteiger partial charge in [-0.1, -0.05) is 17.7 Å². The summed E-state index contributed by atoms with van der Waals surface area (Å²) in [6.45, 7) is 7.43. The lowest BCUT2D eigenvalue weighted by atomic mass is 10.3. The summed E-state index contributed by atoms with van der Waals surface area (Å²) in [6.07, 6.45) is -0.875. The van der Waals surface area contributed by atoms with E-state index in [1.165, 1.54) is 10.6 Å². The summed E-state index contributed by atoms with van der Waals surface area (Å²) in [5, 5.41) is 19.2. The molecule has 0 saturated carbocycles. The molecule has 0 amide bonds. The molecule has 3 heterocycles. The Kier molecular flexibility index (Phi) is 9.22. The zero-order valence-corrected chi connectivity index (χ0v) is 19.9. The van der Waals surface area contributed by atoms with Crippen LogP contribution in [0, 0.1) is 0 Å². The third kappa shape index (κ3) is 6.84. The summed E-state index contributed by atoms with van der Waals surface area (Å²) in [7, 11) is 1.57. The van der Waals surface area contributed by atoms with Crippen molar-refractivity contribution in [3.05, 3.63) is 44.6 Å². The van der Waals surface area contributed by atoms with Crippen molar-refractivity contribution in [1.82, 2.24) is 24.0 Å². The van der Waals surface area contributed by atoms with E-state index in [0.29, 0.717) is 23.7 Å². The molecule has 0 aromatic carbocycles. The molecule has 2 aromatic heterocycles. The first kappa shape index (κ1) is 28.4. The van der Waals surface area contributed by atoms with E-state index in [1.807, 2.05) is 24.5 Å². The van der Waals surface area contributed by atoms with Gasteiger partial charge >= 0.3 is 23.8 Å². The van der Waals surface area contributed by atoms with Gasteiger partial charge in [0.2, 0.25) is 5.95 Å². The number of allylic oxidation sites excluding steroid dienone is 3. The van der Waals surface area contributed by atoms with E-state index in [1.54, 1.807) is 7.05 Å². The molecule has 3 N–H and O–H groups in total. The number of fused-ring (bicyclic) bond motifs is 1. The quantitative estimate of drug-likeness (QED) is 0.369. The highest BCUT2D eigenvalue weighted by Gasteiger charge is 2.38. The average molecular weight is 516 g/mol. The second-order valence-electron chi connectivity index (χ2n) is 8.01. The van der Waals surface area contributed by atoms with Crippen LogP contribution in [0.25, 0.3) is 11.2 Å². The summed E-state index contributed by atoms with van der Waals surface area (Å²) in [6, 6.07) is 0. The molecule has 0 spiro atoms. The van der Waals surface area contributed by atoms with Gasteiger partial charge in [0, 0.05) is 52.4 Å². The summed E-state index contributed by atoms with van der Waals surface area (Å²) in [4.78, 5) is 52.3. The second-order valence-corrected chi connectivity index (χ2v) is 8.01. The molecule has 0 unspecified atom stereocenters. The molecular weight excluding hydrogens is 489 g/mol. The van der Waals surface area contributed by atoms with Gasteiger partial charge in [0.05, 0.1) is 0 Å². The van der Waals surface area contributed by atoms with E-state index in [4.69, 9.17) is 15.0 Å². The minimum absolute atomic E-state index is 0.120. The maximum absolute atomic E-state index is 13.2. The number of carboxylic acid groups (broad SMARTS) is 2. The third-order valence-electron chi connectivity index (χ3n) is 5.09. The van der Waals surface area contributed by atoms with Gasteiger partial charge in [-0.05, 0) is 13.8 Å². The van der Waals surface area contributed by atoms with Crippen molar-refractivity contribution < 1.29 is 33.0 Å². The lowest BCUT2D eigenvalue weighted by Crippen LogP contribution is -2.44. The molecule has 0 bridgehead atoms. The Hall–Kier alpha value is -3.88. The first-order valence-electron chi connectivity index (χ1n) is 10.7. The molecular formula is C21H27F3N6O6. The number of aryl methyl sites for hydroxylation is 1. The largest absolute Gasteiger partial charge is 0.490 e. The van der Waals surface area contributed by atoms with E-state index in [9.17, 15) is 27.6 Å². The Labute approximate surface area is 202 Å². The lowest BCUT2D eigenvalue weighted by molar-refractivity contribution is -0.192. The minimum atomic E-state index is -5.08. The van der Waals surface area contributed by atoms with Crippen LogP contribution in [-0.4, -0.2) is 73.2 Å². The normalized spacial score (nSPS) is 14.0. The van der Waals surface area contributed by atoms with Gasteiger partial charge in [-0.2, -0.15) is 18.2 Å². The molecule has 1 fully saturated rings. The molecule has 2 aromatic rings. The molecule has 36 heavy (non-hydrogen) atoms. The fraction of sp³-hybridized carbons (Fsp3) is 0.476. The Bertz CT molecular complexity index is 1290. The van der Waals surface area contributed by atoms with Crippen LogP contribution in [0.15, 0.2) is 33.4 Å². The number of aromatic nitrogens is 4. The van der Waals surface area contributed by atoms with Crippen LogP contribution >= 0.6 is 0 Å². The van der Waals surface area contributed by atoms with E-state index in [-0.39, 0.29) is 6.54 Å². The summed E-state index contributed by atoms with van der Waals surface area (Å²) in [5.41, 5.74) is 0.758. The molecule has 0 aliphatic carbocycles. The Balaban J connectivity index is 0.000000572. The van der Waals surface area contributed by atoms with Crippen molar-refractivity contribution in [3.63, 3.8) is 0 Å². The second kappa shape index (κ2) is 11.7. The minimum Gasteiger partial charge on any atom is -0.478 e. The van der Waals surface area contributed by atoms with Crippen LogP contribution < -0.4 is 21.5 Å². The van der Waals surface area contributed by atoms with Crippen LogP contribution in [-0.2, 0) is 29.7 Å². The number of hydrogen-bond donors (Lipinski definition) is 3. The zero-order chi connectivity index (χ0) is 27.2. The number of carbonyl (C=O) groups is 2. The number of halogens is 3. The van der Waals surface area contributed by atoms with Crippen molar-refractivity contribution >= 4 is 29.1 Å². The SMILES string of the molecule is CC(C)=CCn1c(N2CCNCC2)nc2c1c(=O)n(C/C=C/C(=O)O)c(=O)n2C.O=C(O)C(F)(F)F. The van der Waals surface area contributed by atoms with Crippen LogP contribution in [0.2, 0.25) is 0 Å². The van der Waals surface area contributed by atoms with Crippen LogP contribution in [0.1, 0.15) is 13.8 Å². The highest BCUT2D eigenvalue weighted by Crippen LogP contribution is 2.20. The topological polar surface area (TPSA) is 152 Å². The zero-order valence-electron chi connectivity index (χ0n) is 19.9. The number of hydrogen-bond acceptors (Lipinski definition) is 7. The molecule has 12 nitrogen and oxygen atoms in total. The van der Waals surface area contributed by atoms with Crippen molar-refractivity contribution in [2.24, 2.45) is 7.05 Å². The molecule has 1 aliphatic rings. The lowest BCUT2D eigenvalue weighted by Gasteiger charge is -2.28. The maximum Gasteiger partial charge on any atom is 0.490 e. The van der Waals surface area contributed by atoms with Crippen molar-refractivity contribution in [1.29, 1.82) is 0 Å². The highest BCUT2D eigenvalue weighted by atomic mass is 19.4. The van der Waals surface area contributed by atoms with Crippen LogP contribution in [0.4, 0.5) is 19.1 Å². The number of carboxylic acids is 2. The monoisotopic (exact) mass is 516 g/mol. The Morgan fingerprint density at radius 3 is 2.17 bits per heavy atom. The maximum atomic E-state index is 13.2. The first-order valence-corrected chi connectivity index (χ1v) is 10.7. The number of imidazole rings is 1. The van der Waals surface area contributed by atoms with Gasteiger partial charge in [0.25, 0.3) is 5.56 Å². The fourth-order valence-corrected chi connectivity index (χ4v) is 3.33. The van der Waals surface area contributed by atoms with Crippen LogP contribution in [0.3, 0.4) is 0 Å².